The largest absolute Gasteiger partial charge is 0.392 e. The van der Waals surface area contributed by atoms with Gasteiger partial charge in [0.05, 0.1) is 6.61 Å². The second-order valence-corrected chi connectivity index (χ2v) is 8.80. The average Bonchev–Trinajstić information content (AvgIpc) is 2.86. The molecule has 206 valence electrons. The molecule has 0 bridgehead atoms. The van der Waals surface area contributed by atoms with Gasteiger partial charge in [0.15, 0.2) is 0 Å². The number of aliphatic hydroxyl groups excluding tert-OH is 1. The standard InChI is InChI=1S/C24H39N7O6/c1-15(2)20(31-21(34)18(28-14-33)10-12-26-3)23(36)30-19(5-4-11-27-24(25)37)22(35)29-17-8-6-16(13-32)7-9-17/h6-9,14-15,18-20,26,32H,4-5,10-13H2,1-3H3,(H,28,33)(H,29,35)(H,30,36)(H,31,34)(H3,25,27,37). The van der Waals surface area contributed by atoms with Gasteiger partial charge in [-0.1, -0.05) is 26.0 Å². The van der Waals surface area contributed by atoms with Crippen LogP contribution in [-0.2, 0) is 25.8 Å². The van der Waals surface area contributed by atoms with Gasteiger partial charge in [-0.3, -0.25) is 19.2 Å². The van der Waals surface area contributed by atoms with Crippen molar-refractivity contribution in [3.05, 3.63) is 29.8 Å². The number of nitrogens with two attached hydrogens (primary N) is 1. The number of aliphatic hydroxyl groups is 1. The van der Waals surface area contributed by atoms with E-state index in [9.17, 15) is 29.1 Å². The number of amides is 6. The maximum atomic E-state index is 13.2. The zero-order chi connectivity index (χ0) is 27.8. The van der Waals surface area contributed by atoms with Gasteiger partial charge in [-0.2, -0.15) is 0 Å². The fourth-order valence-electron chi connectivity index (χ4n) is 3.42. The van der Waals surface area contributed by atoms with E-state index in [1.54, 1.807) is 45.2 Å². The smallest absolute Gasteiger partial charge is 0.312 e. The molecule has 13 heteroatoms. The van der Waals surface area contributed by atoms with Crippen molar-refractivity contribution in [3.8, 4) is 0 Å². The van der Waals surface area contributed by atoms with Crippen molar-refractivity contribution in [1.29, 1.82) is 0 Å². The summed E-state index contributed by atoms with van der Waals surface area (Å²) in [6.45, 7) is 4.03. The van der Waals surface area contributed by atoms with Gasteiger partial charge in [-0.05, 0) is 56.5 Å². The lowest BCUT2D eigenvalue weighted by Crippen LogP contribution is -2.57. The summed E-state index contributed by atoms with van der Waals surface area (Å²) >= 11 is 0. The second kappa shape index (κ2) is 16.9. The van der Waals surface area contributed by atoms with Gasteiger partial charge < -0.3 is 42.7 Å². The van der Waals surface area contributed by atoms with E-state index in [1.807, 2.05) is 0 Å². The van der Waals surface area contributed by atoms with Gasteiger partial charge in [0.1, 0.15) is 18.1 Å². The minimum Gasteiger partial charge on any atom is -0.392 e. The number of urea groups is 1. The number of hydrogen-bond donors (Lipinski definition) is 8. The van der Waals surface area contributed by atoms with Crippen molar-refractivity contribution in [2.75, 3.05) is 25.5 Å². The monoisotopic (exact) mass is 521 g/mol. The molecule has 3 unspecified atom stereocenters. The van der Waals surface area contributed by atoms with Gasteiger partial charge in [0, 0.05) is 12.2 Å². The maximum absolute atomic E-state index is 13.2. The van der Waals surface area contributed by atoms with Gasteiger partial charge in [-0.25, -0.2) is 4.79 Å². The topological polar surface area (TPSA) is 204 Å². The Morgan fingerprint density at radius 1 is 0.946 bits per heavy atom. The van der Waals surface area contributed by atoms with Crippen LogP contribution in [0.3, 0.4) is 0 Å². The number of nitrogens with one attached hydrogen (secondary N) is 6. The van der Waals surface area contributed by atoms with Crippen LogP contribution in [0.5, 0.6) is 0 Å². The zero-order valence-electron chi connectivity index (χ0n) is 21.5. The molecule has 1 aromatic rings. The van der Waals surface area contributed by atoms with Crippen LogP contribution in [0.25, 0.3) is 0 Å². The number of rotatable bonds is 17. The highest BCUT2D eigenvalue weighted by Gasteiger charge is 2.30. The van der Waals surface area contributed by atoms with Crippen LogP contribution >= 0.6 is 0 Å². The number of benzene rings is 1. The molecule has 0 aliphatic rings. The first-order chi connectivity index (χ1) is 17.6. The molecule has 1 rings (SSSR count). The van der Waals surface area contributed by atoms with Crippen LogP contribution in [0, 0.1) is 5.92 Å². The number of anilines is 1. The summed E-state index contributed by atoms with van der Waals surface area (Å²) in [5, 5.41) is 25.1. The van der Waals surface area contributed by atoms with E-state index >= 15 is 0 Å². The molecule has 1 aromatic carbocycles. The summed E-state index contributed by atoms with van der Waals surface area (Å²) in [4.78, 5) is 60.8. The van der Waals surface area contributed by atoms with Crippen LogP contribution in [0.15, 0.2) is 24.3 Å². The number of hydrogen-bond acceptors (Lipinski definition) is 7. The van der Waals surface area contributed by atoms with Crippen LogP contribution in [0.2, 0.25) is 0 Å². The van der Waals surface area contributed by atoms with Crippen molar-refractivity contribution in [3.63, 3.8) is 0 Å². The molecule has 9 N–H and O–H groups in total. The Bertz CT molecular complexity index is 894. The van der Waals surface area contributed by atoms with Crippen molar-refractivity contribution >= 4 is 35.9 Å². The third-order valence-electron chi connectivity index (χ3n) is 5.52. The van der Waals surface area contributed by atoms with Crippen molar-refractivity contribution in [2.24, 2.45) is 11.7 Å². The fourth-order valence-corrected chi connectivity index (χ4v) is 3.42. The molecule has 0 saturated heterocycles. The van der Waals surface area contributed by atoms with Crippen LogP contribution in [0.1, 0.15) is 38.7 Å². The van der Waals surface area contributed by atoms with Crippen LogP contribution in [-0.4, -0.2) is 73.5 Å². The summed E-state index contributed by atoms with van der Waals surface area (Å²) in [7, 11) is 1.71. The molecule has 0 radical (unpaired) electrons. The van der Waals surface area contributed by atoms with Gasteiger partial charge in [0.2, 0.25) is 24.1 Å². The lowest BCUT2D eigenvalue weighted by Gasteiger charge is -2.27. The van der Waals surface area contributed by atoms with Crippen molar-refractivity contribution < 1.29 is 29.1 Å². The average molecular weight is 522 g/mol. The molecule has 0 spiro atoms. The van der Waals surface area contributed by atoms with E-state index in [1.165, 1.54) is 0 Å². The summed E-state index contributed by atoms with van der Waals surface area (Å²) in [6.07, 6.45) is 1.28. The van der Waals surface area contributed by atoms with E-state index < -0.39 is 41.9 Å². The van der Waals surface area contributed by atoms with E-state index in [-0.39, 0.29) is 25.5 Å². The number of primary amides is 1. The third kappa shape index (κ3) is 11.7. The molecule has 13 nitrogen and oxygen atoms in total. The predicted octanol–water partition coefficient (Wildman–Crippen LogP) is -1.08. The summed E-state index contributed by atoms with van der Waals surface area (Å²) < 4.78 is 0. The van der Waals surface area contributed by atoms with E-state index in [2.05, 4.69) is 31.9 Å². The summed E-state index contributed by atoms with van der Waals surface area (Å²) in [6, 6.07) is 3.07. The highest BCUT2D eigenvalue weighted by Crippen LogP contribution is 2.12. The van der Waals surface area contributed by atoms with Gasteiger partial charge >= 0.3 is 6.03 Å². The van der Waals surface area contributed by atoms with Crippen molar-refractivity contribution in [1.82, 2.24) is 26.6 Å². The quantitative estimate of drug-likeness (QED) is 0.0939. The highest BCUT2D eigenvalue weighted by molar-refractivity contribution is 5.98. The van der Waals surface area contributed by atoms with Crippen LogP contribution in [0.4, 0.5) is 10.5 Å². The molecule has 6 amide bonds. The second-order valence-electron chi connectivity index (χ2n) is 8.80. The number of carbonyl (C=O) groups is 5. The first-order valence-corrected chi connectivity index (χ1v) is 12.1. The molecule has 0 aliphatic heterocycles. The maximum Gasteiger partial charge on any atom is 0.312 e. The van der Waals surface area contributed by atoms with Gasteiger partial charge in [-0.15, -0.1) is 0 Å². The molecular formula is C24H39N7O6. The molecule has 0 heterocycles. The Balaban J connectivity index is 2.97. The molecule has 37 heavy (non-hydrogen) atoms. The minimum absolute atomic E-state index is 0.139. The SMILES string of the molecule is CNCCC(NC=O)C(=O)NC(C(=O)NC(CCCNC(N)=O)C(=O)Nc1ccc(CO)cc1)C(C)C. The summed E-state index contributed by atoms with van der Waals surface area (Å²) in [5.74, 6) is -1.91. The highest BCUT2D eigenvalue weighted by atomic mass is 16.3. The number of carbonyl (C=O) groups excluding carboxylic acids is 5. The van der Waals surface area contributed by atoms with E-state index in [0.717, 1.165) is 0 Å². The molecule has 0 fully saturated rings. The predicted molar refractivity (Wildman–Crippen MR) is 138 cm³/mol. The first kappa shape index (κ1) is 31.3. The molecular weight excluding hydrogens is 482 g/mol. The third-order valence-corrected chi connectivity index (χ3v) is 5.52. The van der Waals surface area contributed by atoms with E-state index in [0.29, 0.717) is 37.0 Å². The lowest BCUT2D eigenvalue weighted by atomic mass is 10.0. The fraction of sp³-hybridized carbons (Fsp3) is 0.542. The van der Waals surface area contributed by atoms with Gasteiger partial charge in [0.25, 0.3) is 0 Å². The molecule has 3 atom stereocenters. The Hall–Kier alpha value is -3.71. The Kier molecular flexibility index (Phi) is 14.3. The lowest BCUT2D eigenvalue weighted by molar-refractivity contribution is -0.133. The molecule has 0 aromatic heterocycles. The Morgan fingerprint density at radius 2 is 1.62 bits per heavy atom. The minimum atomic E-state index is -0.981. The molecule has 0 aliphatic carbocycles. The zero-order valence-corrected chi connectivity index (χ0v) is 21.5. The Morgan fingerprint density at radius 3 is 2.16 bits per heavy atom. The Labute approximate surface area is 216 Å². The molecule has 0 saturated carbocycles. The first-order valence-electron chi connectivity index (χ1n) is 12.1. The van der Waals surface area contributed by atoms with Crippen molar-refractivity contribution in [2.45, 2.75) is 57.8 Å². The normalized spacial score (nSPS) is 13.1. The van der Waals surface area contributed by atoms with Crippen LogP contribution < -0.4 is 37.6 Å². The van der Waals surface area contributed by atoms with E-state index in [4.69, 9.17) is 5.73 Å². The summed E-state index contributed by atoms with van der Waals surface area (Å²) in [5.41, 5.74) is 6.23.